The van der Waals surface area contributed by atoms with Crippen LogP contribution in [0.5, 0.6) is 0 Å². The molecule has 0 saturated carbocycles. The van der Waals surface area contributed by atoms with E-state index in [9.17, 15) is 10.1 Å². The first-order valence-electron chi connectivity index (χ1n) is 9.85. The normalized spacial score (nSPS) is 21.6. The number of fused-ring (bicyclic) bond motifs is 1. The molecule has 1 unspecified atom stereocenters. The van der Waals surface area contributed by atoms with Gasteiger partial charge in [0.2, 0.25) is 0 Å². The van der Waals surface area contributed by atoms with Gasteiger partial charge >= 0.3 is 0 Å². The Labute approximate surface area is 171 Å². The quantitative estimate of drug-likeness (QED) is 0.843. The number of hydrogen-bond donors (Lipinski definition) is 1. The van der Waals surface area contributed by atoms with Gasteiger partial charge in [-0.1, -0.05) is 56.3 Å². The van der Waals surface area contributed by atoms with Crippen molar-refractivity contribution in [2.75, 3.05) is 14.1 Å². The number of hydrogen-bond acceptors (Lipinski definition) is 5. The molecule has 148 valence electrons. The lowest BCUT2D eigenvalue weighted by atomic mass is 9.69. The van der Waals surface area contributed by atoms with Crippen LogP contribution in [0.1, 0.15) is 38.2 Å². The van der Waals surface area contributed by atoms with E-state index in [0.29, 0.717) is 23.4 Å². The summed E-state index contributed by atoms with van der Waals surface area (Å²) < 4.78 is 0. The first-order chi connectivity index (χ1) is 13.7. The average molecular weight is 386 g/mol. The van der Waals surface area contributed by atoms with Crippen molar-refractivity contribution < 1.29 is 4.79 Å². The van der Waals surface area contributed by atoms with E-state index in [4.69, 9.17) is 5.73 Å². The molecule has 0 fully saturated rings. The molecular formula is C24H26N4O. The summed E-state index contributed by atoms with van der Waals surface area (Å²) in [7, 11) is 3.77. The Bertz CT molecular complexity index is 1120. The average Bonchev–Trinajstić information content (AvgIpc) is 2.65. The highest BCUT2D eigenvalue weighted by atomic mass is 16.1. The number of ketones is 1. The molecule has 4 rings (SSSR count). The maximum atomic E-state index is 13.4. The van der Waals surface area contributed by atoms with E-state index in [2.05, 4.69) is 32.0 Å². The van der Waals surface area contributed by atoms with Gasteiger partial charge in [0.1, 0.15) is 5.82 Å². The van der Waals surface area contributed by atoms with E-state index < -0.39 is 5.92 Å². The van der Waals surface area contributed by atoms with Crippen LogP contribution >= 0.6 is 0 Å². The van der Waals surface area contributed by atoms with Gasteiger partial charge in [-0.05, 0) is 28.2 Å². The summed E-state index contributed by atoms with van der Waals surface area (Å²) in [5.41, 5.74) is 9.34. The van der Waals surface area contributed by atoms with E-state index in [1.54, 1.807) is 0 Å². The predicted molar refractivity (Wildman–Crippen MR) is 114 cm³/mol. The molecule has 5 heteroatoms. The summed E-state index contributed by atoms with van der Waals surface area (Å²) in [5, 5.41) is 15.9. The monoisotopic (exact) mass is 386 g/mol. The summed E-state index contributed by atoms with van der Waals surface area (Å²) in [5.74, 6) is 0.0702. The highest BCUT2D eigenvalue weighted by molar-refractivity contribution is 6.00. The Morgan fingerprint density at radius 1 is 1.14 bits per heavy atom. The molecule has 2 aromatic carbocycles. The fourth-order valence-electron chi connectivity index (χ4n) is 4.67. The molecule has 0 bridgehead atoms. The fourth-order valence-corrected chi connectivity index (χ4v) is 4.67. The van der Waals surface area contributed by atoms with Crippen LogP contribution in [0.2, 0.25) is 0 Å². The number of rotatable bonds is 2. The highest BCUT2D eigenvalue weighted by Crippen LogP contribution is 2.49. The smallest absolute Gasteiger partial charge is 0.162 e. The van der Waals surface area contributed by atoms with Crippen LogP contribution in [0, 0.1) is 16.7 Å². The largest absolute Gasteiger partial charge is 0.383 e. The number of nitrogens with two attached hydrogens (primary N) is 1. The van der Waals surface area contributed by atoms with Gasteiger partial charge in [-0.2, -0.15) is 5.26 Å². The van der Waals surface area contributed by atoms with Crippen LogP contribution in [0.3, 0.4) is 0 Å². The first-order valence-corrected chi connectivity index (χ1v) is 9.85. The maximum Gasteiger partial charge on any atom is 0.162 e. The van der Waals surface area contributed by atoms with Crippen molar-refractivity contribution in [1.82, 2.24) is 10.0 Å². The Hall–Kier alpha value is -3.10. The fraction of sp³-hybridized carbons (Fsp3) is 0.333. The molecule has 0 spiro atoms. The van der Waals surface area contributed by atoms with Gasteiger partial charge in [0, 0.05) is 31.8 Å². The summed E-state index contributed by atoms with van der Waals surface area (Å²) in [4.78, 5) is 13.4. The minimum Gasteiger partial charge on any atom is -0.383 e. The zero-order chi connectivity index (χ0) is 20.9. The predicted octanol–water partition coefficient (Wildman–Crippen LogP) is 4.05. The molecule has 0 amide bonds. The number of hydrazine groups is 1. The second-order valence-corrected chi connectivity index (χ2v) is 8.91. The van der Waals surface area contributed by atoms with E-state index >= 15 is 0 Å². The second kappa shape index (κ2) is 6.75. The minimum atomic E-state index is -0.431. The molecule has 0 saturated heterocycles. The van der Waals surface area contributed by atoms with Crippen LogP contribution in [0.15, 0.2) is 65.1 Å². The molecule has 29 heavy (non-hydrogen) atoms. The molecule has 2 N–H and O–H groups in total. The number of carbonyl (C=O) groups excluding carboxylic acids is 1. The summed E-state index contributed by atoms with van der Waals surface area (Å²) in [6.07, 6.45) is 1.20. The summed E-state index contributed by atoms with van der Waals surface area (Å²) in [6, 6.07) is 16.6. The van der Waals surface area contributed by atoms with Gasteiger partial charge in [0.15, 0.2) is 5.78 Å². The Kier molecular flexibility index (Phi) is 4.48. The molecule has 1 atom stereocenters. The Balaban J connectivity index is 1.98. The van der Waals surface area contributed by atoms with Crippen molar-refractivity contribution in [1.29, 1.82) is 5.26 Å². The lowest BCUT2D eigenvalue weighted by Crippen LogP contribution is -2.47. The van der Waals surface area contributed by atoms with Crippen LogP contribution in [0.25, 0.3) is 10.8 Å². The first kappa shape index (κ1) is 19.2. The van der Waals surface area contributed by atoms with E-state index in [1.165, 1.54) is 0 Å². The lowest BCUT2D eigenvalue weighted by molar-refractivity contribution is -0.119. The van der Waals surface area contributed by atoms with Gasteiger partial charge in [0.25, 0.3) is 0 Å². The van der Waals surface area contributed by atoms with Crippen LogP contribution in [0.4, 0.5) is 0 Å². The van der Waals surface area contributed by atoms with E-state index in [1.807, 2.05) is 54.4 Å². The molecule has 2 aliphatic rings. The van der Waals surface area contributed by atoms with Crippen LogP contribution in [-0.4, -0.2) is 29.9 Å². The van der Waals surface area contributed by atoms with Crippen molar-refractivity contribution in [3.8, 4) is 6.07 Å². The number of allylic oxidation sites excluding steroid dienone is 3. The Morgan fingerprint density at radius 3 is 2.48 bits per heavy atom. The topological polar surface area (TPSA) is 73.4 Å². The van der Waals surface area contributed by atoms with Gasteiger partial charge < -0.3 is 5.73 Å². The minimum absolute atomic E-state index is 0.0986. The molecule has 2 aromatic rings. The lowest BCUT2D eigenvalue weighted by Gasteiger charge is -2.45. The number of nitrogens with zero attached hydrogens (tertiary/aromatic N) is 3. The number of benzene rings is 2. The molecule has 0 radical (unpaired) electrons. The van der Waals surface area contributed by atoms with Gasteiger partial charge in [0.05, 0.1) is 17.6 Å². The zero-order valence-corrected chi connectivity index (χ0v) is 17.4. The second-order valence-electron chi connectivity index (χ2n) is 8.91. The number of nitriles is 1. The third-order valence-electron chi connectivity index (χ3n) is 5.86. The van der Waals surface area contributed by atoms with Gasteiger partial charge in [-0.25, -0.2) is 5.01 Å². The van der Waals surface area contributed by atoms with Crippen molar-refractivity contribution in [2.45, 2.75) is 32.6 Å². The standard InChI is InChI=1S/C24H26N4O/c1-24(2)12-19-22(20(29)13-24)21(18(14-25)23(26)28(19)27(3)4)17-10-9-15-7-5-6-8-16(15)11-17/h5-11,21H,12-13,26H2,1-4H3. The summed E-state index contributed by atoms with van der Waals surface area (Å²) in [6.45, 7) is 4.21. The third kappa shape index (κ3) is 3.10. The highest BCUT2D eigenvalue weighted by Gasteiger charge is 2.44. The molecule has 5 nitrogen and oxygen atoms in total. The summed E-state index contributed by atoms with van der Waals surface area (Å²) >= 11 is 0. The maximum absolute atomic E-state index is 13.4. The van der Waals surface area contributed by atoms with Gasteiger partial charge in [-0.3, -0.25) is 9.80 Å². The molecule has 1 aliphatic carbocycles. The molecular weight excluding hydrogens is 360 g/mol. The van der Waals surface area contributed by atoms with E-state index in [0.717, 1.165) is 28.5 Å². The van der Waals surface area contributed by atoms with Crippen molar-refractivity contribution in [3.05, 3.63) is 70.7 Å². The van der Waals surface area contributed by atoms with Crippen LogP contribution < -0.4 is 5.73 Å². The third-order valence-corrected chi connectivity index (χ3v) is 5.86. The van der Waals surface area contributed by atoms with Crippen molar-refractivity contribution >= 4 is 16.6 Å². The number of carbonyl (C=O) groups is 1. The Morgan fingerprint density at radius 2 is 1.83 bits per heavy atom. The van der Waals surface area contributed by atoms with Crippen molar-refractivity contribution in [2.24, 2.45) is 11.1 Å². The zero-order valence-electron chi connectivity index (χ0n) is 17.4. The molecule has 1 aliphatic heterocycles. The van der Waals surface area contributed by atoms with Crippen LogP contribution in [-0.2, 0) is 4.79 Å². The van der Waals surface area contributed by atoms with Crippen molar-refractivity contribution in [3.63, 3.8) is 0 Å². The number of Topliss-reactive ketones (excluding diaryl/α,β-unsaturated/α-hetero) is 1. The van der Waals surface area contributed by atoms with E-state index in [-0.39, 0.29) is 11.2 Å². The molecule has 0 aromatic heterocycles. The van der Waals surface area contributed by atoms with Gasteiger partial charge in [-0.15, -0.1) is 0 Å². The SMILES string of the molecule is CN(C)N1C(N)=C(C#N)C(c2ccc3ccccc3c2)C2=C1CC(C)(C)CC2=O. The molecule has 1 heterocycles.